The van der Waals surface area contributed by atoms with Crippen LogP contribution in [0.3, 0.4) is 0 Å². The van der Waals surface area contributed by atoms with Crippen molar-refractivity contribution < 1.29 is 14.3 Å². The van der Waals surface area contributed by atoms with E-state index in [0.717, 1.165) is 31.1 Å². The first-order valence-electron chi connectivity index (χ1n) is 9.39. The molecule has 3 heterocycles. The Labute approximate surface area is 158 Å². The van der Waals surface area contributed by atoms with E-state index >= 15 is 0 Å². The van der Waals surface area contributed by atoms with Gasteiger partial charge in [-0.15, -0.1) is 0 Å². The minimum Gasteiger partial charge on any atom is -0.439 e. The second kappa shape index (κ2) is 7.92. The summed E-state index contributed by atoms with van der Waals surface area (Å²) in [6.07, 6.45) is 0.838. The lowest BCUT2D eigenvalue weighted by Crippen LogP contribution is -2.50. The van der Waals surface area contributed by atoms with Gasteiger partial charge in [0, 0.05) is 38.9 Å². The molecule has 2 saturated heterocycles. The van der Waals surface area contributed by atoms with E-state index in [1.54, 1.807) is 0 Å². The van der Waals surface area contributed by atoms with Gasteiger partial charge in [0.1, 0.15) is 17.4 Å². The highest BCUT2D eigenvalue weighted by Crippen LogP contribution is 2.24. The van der Waals surface area contributed by atoms with Crippen LogP contribution in [0.2, 0.25) is 0 Å². The number of hydrogen-bond donors (Lipinski definition) is 0. The lowest BCUT2D eigenvalue weighted by molar-refractivity contribution is -0.135. The lowest BCUT2D eigenvalue weighted by atomic mass is 10.1. The summed E-state index contributed by atoms with van der Waals surface area (Å²) in [7, 11) is 0. The molecule has 7 nitrogen and oxygen atoms in total. The third kappa shape index (κ3) is 4.19. The summed E-state index contributed by atoms with van der Waals surface area (Å²) < 4.78 is 11.2. The van der Waals surface area contributed by atoms with Crippen molar-refractivity contribution >= 4 is 11.7 Å². The van der Waals surface area contributed by atoms with E-state index in [2.05, 4.69) is 14.9 Å². The predicted molar refractivity (Wildman–Crippen MR) is 101 cm³/mol. The molecule has 2 aliphatic rings. The Kier molecular flexibility index (Phi) is 5.20. The van der Waals surface area contributed by atoms with Gasteiger partial charge < -0.3 is 19.3 Å². The molecule has 1 atom stereocenters. The number of amides is 1. The maximum absolute atomic E-state index is 12.5. The number of carbonyl (C=O) groups excluding carboxylic acids is 1. The molecule has 0 N–H and O–H groups in total. The van der Waals surface area contributed by atoms with Crippen LogP contribution in [0.5, 0.6) is 11.6 Å². The van der Waals surface area contributed by atoms with E-state index in [1.165, 1.54) is 0 Å². The number of aromatic nitrogens is 2. The maximum atomic E-state index is 12.5. The molecule has 2 fully saturated rings. The summed E-state index contributed by atoms with van der Waals surface area (Å²) in [5, 5.41) is 0. The average molecular weight is 368 g/mol. The van der Waals surface area contributed by atoms with Gasteiger partial charge in [0.25, 0.3) is 0 Å². The molecule has 1 unspecified atom stereocenters. The standard InChI is InChI=1S/C20H24N4O3/c1-15-21-18(13-19(22-15)27-17-5-3-2-4-6-17)23-8-10-24(11-9-23)20(25)16-7-12-26-14-16/h2-6,13,16H,7-12,14H2,1H3. The van der Waals surface area contributed by atoms with E-state index < -0.39 is 0 Å². The number of benzene rings is 1. The molecule has 0 saturated carbocycles. The SMILES string of the molecule is Cc1nc(Oc2ccccc2)cc(N2CCN(C(=O)C3CCOC3)CC2)n1. The highest BCUT2D eigenvalue weighted by molar-refractivity contribution is 5.79. The summed E-state index contributed by atoms with van der Waals surface area (Å²) in [4.78, 5) is 25.6. The fourth-order valence-corrected chi connectivity index (χ4v) is 3.49. The average Bonchev–Trinajstić information content (AvgIpc) is 3.23. The molecule has 142 valence electrons. The smallest absolute Gasteiger partial charge is 0.228 e. The Morgan fingerprint density at radius 1 is 1.15 bits per heavy atom. The topological polar surface area (TPSA) is 67.8 Å². The number of nitrogens with zero attached hydrogens (tertiary/aromatic N) is 4. The molecule has 0 aliphatic carbocycles. The predicted octanol–water partition coefficient (Wildman–Crippen LogP) is 2.26. The molecule has 4 rings (SSSR count). The van der Waals surface area contributed by atoms with Crippen LogP contribution in [0.15, 0.2) is 36.4 Å². The van der Waals surface area contributed by atoms with Crippen molar-refractivity contribution in [3.8, 4) is 11.6 Å². The fraction of sp³-hybridized carbons (Fsp3) is 0.450. The summed E-state index contributed by atoms with van der Waals surface area (Å²) in [5.41, 5.74) is 0. The van der Waals surface area contributed by atoms with Crippen LogP contribution in [0.1, 0.15) is 12.2 Å². The van der Waals surface area contributed by atoms with Crippen molar-refractivity contribution in [3.63, 3.8) is 0 Å². The lowest BCUT2D eigenvalue weighted by Gasteiger charge is -2.36. The first-order chi connectivity index (χ1) is 13.2. The largest absolute Gasteiger partial charge is 0.439 e. The van der Waals surface area contributed by atoms with E-state index in [1.807, 2.05) is 48.2 Å². The third-order valence-corrected chi connectivity index (χ3v) is 4.96. The van der Waals surface area contributed by atoms with Gasteiger partial charge in [-0.25, -0.2) is 4.98 Å². The van der Waals surface area contributed by atoms with Gasteiger partial charge in [0.05, 0.1) is 12.5 Å². The molecule has 1 aromatic carbocycles. The number of ether oxygens (including phenoxy) is 2. The molecule has 0 bridgehead atoms. The van der Waals surface area contributed by atoms with Gasteiger partial charge in [-0.05, 0) is 25.5 Å². The normalized spacial score (nSPS) is 20.0. The number of hydrogen-bond acceptors (Lipinski definition) is 6. The van der Waals surface area contributed by atoms with E-state index in [9.17, 15) is 4.79 Å². The molecule has 2 aliphatic heterocycles. The van der Waals surface area contributed by atoms with Crippen LogP contribution in [0.4, 0.5) is 5.82 Å². The highest BCUT2D eigenvalue weighted by Gasteiger charge is 2.30. The first-order valence-corrected chi connectivity index (χ1v) is 9.39. The number of piperazine rings is 1. The van der Waals surface area contributed by atoms with E-state index in [4.69, 9.17) is 9.47 Å². The zero-order chi connectivity index (χ0) is 18.6. The number of rotatable bonds is 4. The van der Waals surface area contributed by atoms with Crippen molar-refractivity contribution in [2.75, 3.05) is 44.3 Å². The summed E-state index contributed by atoms with van der Waals surface area (Å²) >= 11 is 0. The maximum Gasteiger partial charge on any atom is 0.228 e. The van der Waals surface area contributed by atoms with Crippen molar-refractivity contribution in [3.05, 3.63) is 42.2 Å². The number of anilines is 1. The van der Waals surface area contributed by atoms with Crippen molar-refractivity contribution in [1.82, 2.24) is 14.9 Å². The van der Waals surface area contributed by atoms with Crippen LogP contribution in [-0.4, -0.2) is 60.2 Å². The number of carbonyl (C=O) groups is 1. The molecule has 27 heavy (non-hydrogen) atoms. The molecule has 2 aromatic rings. The summed E-state index contributed by atoms with van der Waals surface area (Å²) in [5.74, 6) is 3.04. The van der Waals surface area contributed by atoms with Gasteiger partial charge in [-0.3, -0.25) is 4.79 Å². The molecule has 7 heteroatoms. The van der Waals surface area contributed by atoms with Crippen LogP contribution >= 0.6 is 0 Å². The minimum atomic E-state index is 0.0312. The van der Waals surface area contributed by atoms with Gasteiger partial charge in [-0.1, -0.05) is 18.2 Å². The Hall–Kier alpha value is -2.67. The van der Waals surface area contributed by atoms with E-state index in [-0.39, 0.29) is 11.8 Å². The zero-order valence-corrected chi connectivity index (χ0v) is 15.5. The summed E-state index contributed by atoms with van der Waals surface area (Å²) in [6, 6.07) is 11.5. The van der Waals surface area contributed by atoms with Crippen molar-refractivity contribution in [1.29, 1.82) is 0 Å². The zero-order valence-electron chi connectivity index (χ0n) is 15.5. The first kappa shape index (κ1) is 17.7. The molecular formula is C20H24N4O3. The Balaban J connectivity index is 1.41. The molecule has 1 aromatic heterocycles. The minimum absolute atomic E-state index is 0.0312. The molecule has 0 spiro atoms. The third-order valence-electron chi connectivity index (χ3n) is 4.96. The highest BCUT2D eigenvalue weighted by atomic mass is 16.5. The van der Waals surface area contributed by atoms with Crippen LogP contribution in [-0.2, 0) is 9.53 Å². The Morgan fingerprint density at radius 2 is 1.93 bits per heavy atom. The number of aryl methyl sites for hydroxylation is 1. The van der Waals surface area contributed by atoms with Crippen LogP contribution in [0.25, 0.3) is 0 Å². The van der Waals surface area contributed by atoms with Gasteiger partial charge >= 0.3 is 0 Å². The van der Waals surface area contributed by atoms with Crippen molar-refractivity contribution in [2.24, 2.45) is 5.92 Å². The van der Waals surface area contributed by atoms with Crippen LogP contribution in [0, 0.1) is 12.8 Å². The second-order valence-corrected chi connectivity index (χ2v) is 6.90. The summed E-state index contributed by atoms with van der Waals surface area (Å²) in [6.45, 7) is 6.02. The van der Waals surface area contributed by atoms with Gasteiger partial charge in [-0.2, -0.15) is 4.98 Å². The monoisotopic (exact) mass is 368 g/mol. The van der Waals surface area contributed by atoms with Gasteiger partial charge in [0.2, 0.25) is 11.8 Å². The van der Waals surface area contributed by atoms with E-state index in [0.29, 0.717) is 38.0 Å². The number of para-hydroxylation sites is 1. The Morgan fingerprint density at radius 3 is 2.63 bits per heavy atom. The van der Waals surface area contributed by atoms with Gasteiger partial charge in [0.15, 0.2) is 0 Å². The molecular weight excluding hydrogens is 344 g/mol. The van der Waals surface area contributed by atoms with Crippen LogP contribution < -0.4 is 9.64 Å². The molecule has 0 radical (unpaired) electrons. The molecule has 1 amide bonds. The quantitative estimate of drug-likeness (QED) is 0.825. The fourth-order valence-electron chi connectivity index (χ4n) is 3.49. The second-order valence-electron chi connectivity index (χ2n) is 6.90. The van der Waals surface area contributed by atoms with Crippen molar-refractivity contribution in [2.45, 2.75) is 13.3 Å². The Bertz CT molecular complexity index is 785.